The van der Waals surface area contributed by atoms with Crippen molar-refractivity contribution in [2.75, 3.05) is 11.9 Å². The summed E-state index contributed by atoms with van der Waals surface area (Å²) in [5, 5.41) is 14.1. The molecule has 2 aromatic rings. The van der Waals surface area contributed by atoms with Gasteiger partial charge in [-0.15, -0.1) is 0 Å². The normalized spacial score (nSPS) is 11.9. The van der Waals surface area contributed by atoms with E-state index >= 15 is 0 Å². The van der Waals surface area contributed by atoms with E-state index in [1.807, 2.05) is 43.3 Å². The minimum absolute atomic E-state index is 0.0804. The molecule has 5 heteroatoms. The summed E-state index contributed by atoms with van der Waals surface area (Å²) in [6, 6.07) is 14.9. The van der Waals surface area contributed by atoms with Gasteiger partial charge >= 0.3 is 0 Å². The van der Waals surface area contributed by atoms with Gasteiger partial charge in [-0.3, -0.25) is 10.1 Å². The van der Waals surface area contributed by atoms with Crippen molar-refractivity contribution in [3.8, 4) is 0 Å². The Morgan fingerprint density at radius 3 is 2.62 bits per heavy atom. The van der Waals surface area contributed by atoms with Gasteiger partial charge < -0.3 is 11.1 Å². The number of hydrogen-bond acceptors (Lipinski definition) is 4. The molecule has 0 radical (unpaired) electrons. The molecule has 0 saturated carbocycles. The monoisotopic (exact) mass is 285 g/mol. The van der Waals surface area contributed by atoms with Crippen molar-refractivity contribution in [1.29, 1.82) is 0 Å². The number of nitro groups is 1. The fourth-order valence-corrected chi connectivity index (χ4v) is 2.17. The lowest BCUT2D eigenvalue weighted by atomic mass is 10.0. The van der Waals surface area contributed by atoms with Gasteiger partial charge in [-0.05, 0) is 30.5 Å². The molecule has 3 N–H and O–H groups in total. The molecule has 110 valence electrons. The van der Waals surface area contributed by atoms with Crippen molar-refractivity contribution < 1.29 is 4.92 Å². The molecule has 1 unspecified atom stereocenters. The van der Waals surface area contributed by atoms with Crippen LogP contribution in [0.15, 0.2) is 48.5 Å². The SMILES string of the molecule is Cc1ccc(NCCC(N)c2ccccc2)c([N+](=O)[O-])c1. The predicted octanol–water partition coefficient (Wildman–Crippen LogP) is 3.41. The van der Waals surface area contributed by atoms with E-state index in [-0.39, 0.29) is 16.7 Å². The summed E-state index contributed by atoms with van der Waals surface area (Å²) in [6.45, 7) is 2.42. The fourth-order valence-electron chi connectivity index (χ4n) is 2.17. The molecule has 0 spiro atoms. The van der Waals surface area contributed by atoms with E-state index < -0.39 is 0 Å². The van der Waals surface area contributed by atoms with E-state index in [9.17, 15) is 10.1 Å². The summed E-state index contributed by atoms with van der Waals surface area (Å²) >= 11 is 0. The first kappa shape index (κ1) is 15.0. The maximum Gasteiger partial charge on any atom is 0.292 e. The molecular weight excluding hydrogens is 266 g/mol. The Balaban J connectivity index is 1.96. The van der Waals surface area contributed by atoms with Gasteiger partial charge in [0.1, 0.15) is 5.69 Å². The number of rotatable bonds is 6. The van der Waals surface area contributed by atoms with E-state index in [4.69, 9.17) is 5.73 Å². The second-order valence-corrected chi connectivity index (χ2v) is 5.01. The smallest absolute Gasteiger partial charge is 0.292 e. The minimum atomic E-state index is -0.369. The predicted molar refractivity (Wildman–Crippen MR) is 84.3 cm³/mol. The lowest BCUT2D eigenvalue weighted by Crippen LogP contribution is -2.15. The number of nitrogens with two attached hydrogens (primary N) is 1. The molecule has 0 fully saturated rings. The first-order chi connectivity index (χ1) is 10.1. The van der Waals surface area contributed by atoms with Gasteiger partial charge in [0.25, 0.3) is 5.69 Å². The molecule has 1 atom stereocenters. The number of nitro benzene ring substituents is 1. The van der Waals surface area contributed by atoms with Crippen LogP contribution < -0.4 is 11.1 Å². The van der Waals surface area contributed by atoms with Crippen molar-refractivity contribution in [3.63, 3.8) is 0 Å². The van der Waals surface area contributed by atoms with Gasteiger partial charge in [0.05, 0.1) is 4.92 Å². The van der Waals surface area contributed by atoms with Crippen molar-refractivity contribution in [2.45, 2.75) is 19.4 Å². The molecule has 5 nitrogen and oxygen atoms in total. The van der Waals surface area contributed by atoms with Gasteiger partial charge in [-0.25, -0.2) is 0 Å². The summed E-state index contributed by atoms with van der Waals surface area (Å²) in [5.41, 5.74) is 8.68. The zero-order valence-electron chi connectivity index (χ0n) is 12.0. The average molecular weight is 285 g/mol. The summed E-state index contributed by atoms with van der Waals surface area (Å²) < 4.78 is 0. The van der Waals surface area contributed by atoms with Gasteiger partial charge in [-0.2, -0.15) is 0 Å². The van der Waals surface area contributed by atoms with Crippen LogP contribution in [0.1, 0.15) is 23.6 Å². The number of benzene rings is 2. The van der Waals surface area contributed by atoms with Crippen LogP contribution in [-0.2, 0) is 0 Å². The maximum absolute atomic E-state index is 11.0. The third kappa shape index (κ3) is 4.03. The Kier molecular flexibility index (Phi) is 4.90. The van der Waals surface area contributed by atoms with E-state index in [0.29, 0.717) is 18.7 Å². The number of hydrogen-bond donors (Lipinski definition) is 2. The molecule has 0 aliphatic heterocycles. The number of nitrogens with one attached hydrogen (secondary N) is 1. The maximum atomic E-state index is 11.0. The minimum Gasteiger partial charge on any atom is -0.379 e. The van der Waals surface area contributed by atoms with Crippen molar-refractivity contribution in [2.24, 2.45) is 5.73 Å². The Hall–Kier alpha value is -2.40. The summed E-state index contributed by atoms with van der Waals surface area (Å²) in [4.78, 5) is 10.7. The number of nitrogens with zero attached hydrogens (tertiary/aromatic N) is 1. The van der Waals surface area contributed by atoms with E-state index in [0.717, 1.165) is 11.1 Å². The zero-order chi connectivity index (χ0) is 15.2. The summed E-state index contributed by atoms with van der Waals surface area (Å²) in [5.74, 6) is 0. The summed E-state index contributed by atoms with van der Waals surface area (Å²) in [7, 11) is 0. The van der Waals surface area contributed by atoms with Crippen molar-refractivity contribution in [1.82, 2.24) is 0 Å². The van der Waals surface area contributed by atoms with Gasteiger partial charge in [0, 0.05) is 18.7 Å². The van der Waals surface area contributed by atoms with Crippen LogP contribution in [0, 0.1) is 17.0 Å². The molecule has 0 aromatic heterocycles. The van der Waals surface area contributed by atoms with Crippen LogP contribution in [0.4, 0.5) is 11.4 Å². The van der Waals surface area contributed by atoms with E-state index in [1.54, 1.807) is 12.1 Å². The highest BCUT2D eigenvalue weighted by molar-refractivity contribution is 5.62. The van der Waals surface area contributed by atoms with Crippen LogP contribution >= 0.6 is 0 Å². The molecule has 0 aliphatic carbocycles. The third-order valence-electron chi connectivity index (χ3n) is 3.35. The van der Waals surface area contributed by atoms with E-state index in [1.165, 1.54) is 0 Å². The molecule has 0 amide bonds. The van der Waals surface area contributed by atoms with Crippen molar-refractivity contribution in [3.05, 3.63) is 69.8 Å². The quantitative estimate of drug-likeness (QED) is 0.629. The van der Waals surface area contributed by atoms with Crippen LogP contribution in [0.2, 0.25) is 0 Å². The molecule has 0 saturated heterocycles. The van der Waals surface area contributed by atoms with Crippen LogP contribution in [0.5, 0.6) is 0 Å². The molecule has 0 heterocycles. The number of aryl methyl sites for hydroxylation is 1. The second kappa shape index (κ2) is 6.85. The molecule has 2 rings (SSSR count). The third-order valence-corrected chi connectivity index (χ3v) is 3.35. The highest BCUT2D eigenvalue weighted by Crippen LogP contribution is 2.25. The first-order valence-electron chi connectivity index (χ1n) is 6.87. The Morgan fingerprint density at radius 1 is 1.24 bits per heavy atom. The molecular formula is C16H19N3O2. The highest BCUT2D eigenvalue weighted by Gasteiger charge is 2.13. The first-order valence-corrected chi connectivity index (χ1v) is 6.87. The molecule has 0 aliphatic rings. The fraction of sp³-hybridized carbons (Fsp3) is 0.250. The van der Waals surface area contributed by atoms with Crippen LogP contribution in [-0.4, -0.2) is 11.5 Å². The molecule has 2 aromatic carbocycles. The Labute approximate surface area is 123 Å². The van der Waals surface area contributed by atoms with Gasteiger partial charge in [-0.1, -0.05) is 36.4 Å². The van der Waals surface area contributed by atoms with Gasteiger partial charge in [0.2, 0.25) is 0 Å². The Bertz CT molecular complexity index is 614. The molecule has 0 bridgehead atoms. The second-order valence-electron chi connectivity index (χ2n) is 5.01. The van der Waals surface area contributed by atoms with Gasteiger partial charge in [0.15, 0.2) is 0 Å². The summed E-state index contributed by atoms with van der Waals surface area (Å²) in [6.07, 6.45) is 0.703. The average Bonchev–Trinajstić information content (AvgIpc) is 2.49. The van der Waals surface area contributed by atoms with Crippen LogP contribution in [0.25, 0.3) is 0 Å². The standard InChI is InChI=1S/C16H19N3O2/c1-12-7-8-15(16(11-12)19(20)21)18-10-9-14(17)13-5-3-2-4-6-13/h2-8,11,14,18H,9-10,17H2,1H3. The lowest BCUT2D eigenvalue weighted by molar-refractivity contribution is -0.384. The van der Waals surface area contributed by atoms with Crippen LogP contribution in [0.3, 0.4) is 0 Å². The van der Waals surface area contributed by atoms with Crippen molar-refractivity contribution >= 4 is 11.4 Å². The largest absolute Gasteiger partial charge is 0.379 e. The highest BCUT2D eigenvalue weighted by atomic mass is 16.6. The number of anilines is 1. The Morgan fingerprint density at radius 2 is 1.95 bits per heavy atom. The lowest BCUT2D eigenvalue weighted by Gasteiger charge is -2.13. The zero-order valence-corrected chi connectivity index (χ0v) is 12.0. The topological polar surface area (TPSA) is 81.2 Å². The molecule has 21 heavy (non-hydrogen) atoms. The van der Waals surface area contributed by atoms with E-state index in [2.05, 4.69) is 5.32 Å².